The number of thioether (sulfide) groups is 1. The van der Waals surface area contributed by atoms with Crippen molar-refractivity contribution in [2.45, 2.75) is 64.4 Å². The van der Waals surface area contributed by atoms with E-state index >= 15 is 0 Å². The standard InChI is InChI=1S/C20H36N2S/c1-6-22(14-12-17(2)3)15-13-19(21-18(4)5)16-23-20-10-8-7-9-11-20/h7-11,17-19,21H,6,12-16H2,1-5H3. The van der Waals surface area contributed by atoms with Crippen LogP contribution >= 0.6 is 11.8 Å². The lowest BCUT2D eigenvalue weighted by Gasteiger charge is -2.26. The molecule has 0 heterocycles. The topological polar surface area (TPSA) is 15.3 Å². The van der Waals surface area contributed by atoms with Gasteiger partial charge < -0.3 is 10.2 Å². The van der Waals surface area contributed by atoms with Gasteiger partial charge in [-0.15, -0.1) is 11.8 Å². The average Bonchev–Trinajstić information content (AvgIpc) is 2.52. The van der Waals surface area contributed by atoms with Gasteiger partial charge >= 0.3 is 0 Å². The van der Waals surface area contributed by atoms with Gasteiger partial charge in [0.05, 0.1) is 0 Å². The first-order chi connectivity index (χ1) is 11.0. The highest BCUT2D eigenvalue weighted by Crippen LogP contribution is 2.19. The van der Waals surface area contributed by atoms with Crippen molar-refractivity contribution in [2.75, 3.05) is 25.4 Å². The normalized spacial score (nSPS) is 13.2. The molecule has 0 spiro atoms. The second-order valence-electron chi connectivity index (χ2n) is 7.05. The maximum absolute atomic E-state index is 3.75. The molecule has 0 aliphatic carbocycles. The Balaban J connectivity index is 2.43. The summed E-state index contributed by atoms with van der Waals surface area (Å²) in [5.41, 5.74) is 0. The van der Waals surface area contributed by atoms with Crippen LogP contribution in [0, 0.1) is 5.92 Å². The molecule has 1 atom stereocenters. The van der Waals surface area contributed by atoms with Gasteiger partial charge in [-0.2, -0.15) is 0 Å². The fourth-order valence-electron chi connectivity index (χ4n) is 2.61. The fourth-order valence-corrected chi connectivity index (χ4v) is 3.61. The van der Waals surface area contributed by atoms with Crippen LogP contribution in [0.15, 0.2) is 35.2 Å². The molecule has 0 aliphatic rings. The zero-order chi connectivity index (χ0) is 17.1. The SMILES string of the molecule is CCN(CCC(C)C)CCC(CSc1ccccc1)NC(C)C. The summed E-state index contributed by atoms with van der Waals surface area (Å²) in [5.74, 6) is 1.94. The summed E-state index contributed by atoms with van der Waals surface area (Å²) in [7, 11) is 0. The van der Waals surface area contributed by atoms with Crippen molar-refractivity contribution in [2.24, 2.45) is 5.92 Å². The zero-order valence-corrected chi connectivity index (χ0v) is 16.5. The van der Waals surface area contributed by atoms with Gasteiger partial charge in [-0.25, -0.2) is 0 Å². The lowest BCUT2D eigenvalue weighted by Crippen LogP contribution is -2.40. The van der Waals surface area contributed by atoms with Crippen LogP contribution in [0.5, 0.6) is 0 Å². The third kappa shape index (κ3) is 10.1. The van der Waals surface area contributed by atoms with Crippen LogP contribution < -0.4 is 5.32 Å². The smallest absolute Gasteiger partial charge is 0.0176 e. The van der Waals surface area contributed by atoms with E-state index in [2.05, 4.69) is 75.2 Å². The number of hydrogen-bond donors (Lipinski definition) is 1. The Hall–Kier alpha value is -0.510. The second-order valence-corrected chi connectivity index (χ2v) is 8.14. The maximum atomic E-state index is 3.75. The third-order valence-corrected chi connectivity index (χ3v) is 5.20. The molecule has 1 unspecified atom stereocenters. The summed E-state index contributed by atoms with van der Waals surface area (Å²) >= 11 is 1.97. The van der Waals surface area contributed by atoms with Gasteiger partial charge in [0.2, 0.25) is 0 Å². The van der Waals surface area contributed by atoms with Crippen LogP contribution in [-0.4, -0.2) is 42.4 Å². The van der Waals surface area contributed by atoms with Gasteiger partial charge in [-0.3, -0.25) is 0 Å². The van der Waals surface area contributed by atoms with Crippen molar-refractivity contribution >= 4 is 11.8 Å². The quantitative estimate of drug-likeness (QED) is 0.546. The number of nitrogens with zero attached hydrogens (tertiary/aromatic N) is 1. The predicted molar refractivity (Wildman–Crippen MR) is 105 cm³/mol. The van der Waals surface area contributed by atoms with Crippen molar-refractivity contribution in [3.8, 4) is 0 Å². The largest absolute Gasteiger partial charge is 0.311 e. The minimum atomic E-state index is 0.544. The number of nitrogens with one attached hydrogen (secondary N) is 1. The molecule has 0 amide bonds. The van der Waals surface area contributed by atoms with E-state index in [0.29, 0.717) is 12.1 Å². The number of rotatable bonds is 12. The maximum Gasteiger partial charge on any atom is 0.0176 e. The molecular weight excluding hydrogens is 300 g/mol. The van der Waals surface area contributed by atoms with Gasteiger partial charge in [0.25, 0.3) is 0 Å². The van der Waals surface area contributed by atoms with Crippen molar-refractivity contribution in [1.82, 2.24) is 10.2 Å². The first kappa shape index (κ1) is 20.5. The Morgan fingerprint density at radius 2 is 1.65 bits per heavy atom. The molecule has 0 saturated carbocycles. The Morgan fingerprint density at radius 3 is 2.22 bits per heavy atom. The predicted octanol–water partition coefficient (Wildman–Crippen LogP) is 4.90. The first-order valence-electron chi connectivity index (χ1n) is 9.17. The second kappa shape index (κ2) is 11.9. The molecule has 1 aromatic carbocycles. The van der Waals surface area contributed by atoms with Gasteiger partial charge in [0, 0.05) is 22.7 Å². The summed E-state index contributed by atoms with van der Waals surface area (Å²) in [6, 6.07) is 11.9. The molecule has 0 aliphatic heterocycles. The van der Waals surface area contributed by atoms with Gasteiger partial charge in [-0.05, 0) is 50.5 Å². The monoisotopic (exact) mass is 336 g/mol. The van der Waals surface area contributed by atoms with E-state index in [4.69, 9.17) is 0 Å². The van der Waals surface area contributed by atoms with Crippen LogP contribution in [0.1, 0.15) is 47.5 Å². The Kier molecular flexibility index (Phi) is 10.7. The van der Waals surface area contributed by atoms with Crippen LogP contribution in [0.4, 0.5) is 0 Å². The van der Waals surface area contributed by atoms with E-state index in [-0.39, 0.29) is 0 Å². The molecule has 3 heteroatoms. The summed E-state index contributed by atoms with van der Waals surface area (Å²) in [6.07, 6.45) is 2.53. The third-order valence-electron chi connectivity index (χ3n) is 4.03. The van der Waals surface area contributed by atoms with Crippen molar-refractivity contribution in [3.63, 3.8) is 0 Å². The van der Waals surface area contributed by atoms with Crippen LogP contribution in [0.2, 0.25) is 0 Å². The Morgan fingerprint density at radius 1 is 1.00 bits per heavy atom. The highest BCUT2D eigenvalue weighted by molar-refractivity contribution is 7.99. The molecule has 0 bridgehead atoms. The van der Waals surface area contributed by atoms with E-state index in [0.717, 1.165) is 18.2 Å². The van der Waals surface area contributed by atoms with Crippen LogP contribution in [-0.2, 0) is 0 Å². The van der Waals surface area contributed by atoms with E-state index < -0.39 is 0 Å². The Bertz CT molecular complexity index is 392. The van der Waals surface area contributed by atoms with Crippen LogP contribution in [0.3, 0.4) is 0 Å². The van der Waals surface area contributed by atoms with Crippen molar-refractivity contribution in [3.05, 3.63) is 30.3 Å². The molecule has 0 saturated heterocycles. The summed E-state index contributed by atoms with van der Waals surface area (Å²) in [5, 5.41) is 3.75. The minimum absolute atomic E-state index is 0.544. The highest BCUT2D eigenvalue weighted by Gasteiger charge is 2.13. The molecule has 23 heavy (non-hydrogen) atoms. The summed E-state index contributed by atoms with van der Waals surface area (Å²) < 4.78 is 0. The minimum Gasteiger partial charge on any atom is -0.311 e. The fraction of sp³-hybridized carbons (Fsp3) is 0.700. The lowest BCUT2D eigenvalue weighted by atomic mass is 10.1. The number of hydrogen-bond acceptors (Lipinski definition) is 3. The van der Waals surface area contributed by atoms with Gasteiger partial charge in [0.15, 0.2) is 0 Å². The average molecular weight is 337 g/mol. The zero-order valence-electron chi connectivity index (χ0n) is 15.7. The number of benzene rings is 1. The van der Waals surface area contributed by atoms with E-state index in [1.807, 2.05) is 11.8 Å². The van der Waals surface area contributed by atoms with Gasteiger partial charge in [0.1, 0.15) is 0 Å². The molecule has 1 aromatic rings. The Labute approximate surface area is 148 Å². The molecule has 1 N–H and O–H groups in total. The summed E-state index contributed by atoms with van der Waals surface area (Å²) in [4.78, 5) is 3.97. The van der Waals surface area contributed by atoms with E-state index in [1.165, 1.54) is 30.8 Å². The molecule has 0 radical (unpaired) electrons. The van der Waals surface area contributed by atoms with Crippen LogP contribution in [0.25, 0.3) is 0 Å². The molecule has 132 valence electrons. The molecule has 2 nitrogen and oxygen atoms in total. The first-order valence-corrected chi connectivity index (χ1v) is 10.2. The summed E-state index contributed by atoms with van der Waals surface area (Å²) in [6.45, 7) is 15.0. The van der Waals surface area contributed by atoms with Gasteiger partial charge in [-0.1, -0.05) is 52.8 Å². The van der Waals surface area contributed by atoms with Crippen molar-refractivity contribution < 1.29 is 0 Å². The van der Waals surface area contributed by atoms with Crippen molar-refractivity contribution in [1.29, 1.82) is 0 Å². The lowest BCUT2D eigenvalue weighted by molar-refractivity contribution is 0.254. The molecule has 0 aromatic heterocycles. The molecular formula is C20H36N2S. The highest BCUT2D eigenvalue weighted by atomic mass is 32.2. The molecule has 1 rings (SSSR count). The van der Waals surface area contributed by atoms with E-state index in [1.54, 1.807) is 0 Å². The molecule has 0 fully saturated rings. The van der Waals surface area contributed by atoms with E-state index in [9.17, 15) is 0 Å².